The van der Waals surface area contributed by atoms with Crippen LogP contribution in [0.25, 0.3) is 10.6 Å². The van der Waals surface area contributed by atoms with Crippen LogP contribution in [0.1, 0.15) is 27.7 Å². The number of thiophene rings is 1. The Hall–Kier alpha value is -2.80. The number of benzene rings is 1. The third kappa shape index (κ3) is 2.08. The smallest absolute Gasteiger partial charge is 0.272 e. The molecule has 0 saturated carbocycles. The lowest BCUT2D eigenvalue weighted by molar-refractivity contribution is 0.0955. The van der Waals surface area contributed by atoms with Gasteiger partial charge in [0.1, 0.15) is 0 Å². The summed E-state index contributed by atoms with van der Waals surface area (Å²) in [7, 11) is 1.49. The second kappa shape index (κ2) is 5.13. The van der Waals surface area contributed by atoms with Crippen LogP contribution in [0.2, 0.25) is 0 Å². The molecule has 4 rings (SSSR count). The maximum Gasteiger partial charge on any atom is 0.272 e. The first kappa shape index (κ1) is 13.8. The van der Waals surface area contributed by atoms with Crippen LogP contribution >= 0.6 is 11.3 Å². The summed E-state index contributed by atoms with van der Waals surface area (Å²) in [6.45, 7) is 0. The van der Waals surface area contributed by atoms with Gasteiger partial charge in [0.05, 0.1) is 23.7 Å². The van der Waals surface area contributed by atoms with Crippen LogP contribution in [0.4, 0.5) is 0 Å². The van der Waals surface area contributed by atoms with Gasteiger partial charge in [0, 0.05) is 5.56 Å². The number of rotatable bonds is 3. The molecule has 116 valence electrons. The van der Waals surface area contributed by atoms with Gasteiger partial charge < -0.3 is 15.2 Å². The summed E-state index contributed by atoms with van der Waals surface area (Å²) in [5.74, 6) is 0.217. The Morgan fingerprint density at radius 3 is 2.96 bits per heavy atom. The quantitative estimate of drug-likeness (QED) is 0.690. The summed E-state index contributed by atoms with van der Waals surface area (Å²) in [4.78, 5) is 13.2. The van der Waals surface area contributed by atoms with E-state index >= 15 is 0 Å². The minimum absolute atomic E-state index is 0.0615. The van der Waals surface area contributed by atoms with E-state index in [1.54, 1.807) is 29.5 Å². The summed E-state index contributed by atoms with van der Waals surface area (Å²) in [6.07, 6.45) is 0. The number of aromatic amines is 1. The molecule has 0 bridgehead atoms. The molecule has 3 heterocycles. The molecule has 6 nitrogen and oxygen atoms in total. The maximum absolute atomic E-state index is 12.2. The number of nitrogens with zero attached hydrogens (tertiary/aromatic N) is 1. The molecule has 1 aliphatic rings. The van der Waals surface area contributed by atoms with E-state index in [2.05, 4.69) is 15.5 Å². The third-order valence-electron chi connectivity index (χ3n) is 3.89. The van der Waals surface area contributed by atoms with Gasteiger partial charge in [-0.25, -0.2) is 0 Å². The molecule has 0 fully saturated rings. The fraction of sp³-hybridized carbons (Fsp3) is 0.125. The molecule has 1 atom stereocenters. The summed E-state index contributed by atoms with van der Waals surface area (Å²) < 4.78 is 5.16. The second-order valence-electron chi connectivity index (χ2n) is 5.18. The van der Waals surface area contributed by atoms with Crippen molar-refractivity contribution in [2.45, 2.75) is 6.04 Å². The first-order valence-corrected chi connectivity index (χ1v) is 7.87. The number of carbonyl (C=O) groups is 1. The Bertz CT molecular complexity index is 886. The van der Waals surface area contributed by atoms with Crippen molar-refractivity contribution in [2.75, 3.05) is 7.11 Å². The molecule has 23 heavy (non-hydrogen) atoms. The van der Waals surface area contributed by atoms with E-state index in [0.29, 0.717) is 11.4 Å². The minimum atomic E-state index is -0.331. The number of nitrogens with one attached hydrogen (secondary N) is 2. The number of phenols is 1. The van der Waals surface area contributed by atoms with Crippen LogP contribution in [-0.2, 0) is 0 Å². The summed E-state index contributed by atoms with van der Waals surface area (Å²) in [5.41, 5.74) is 2.90. The van der Waals surface area contributed by atoms with E-state index in [1.165, 1.54) is 7.11 Å². The monoisotopic (exact) mass is 327 g/mol. The molecule has 0 unspecified atom stereocenters. The van der Waals surface area contributed by atoms with E-state index in [-0.39, 0.29) is 17.7 Å². The molecular formula is C16H13N3O3S. The number of carbonyl (C=O) groups excluding carboxylic acids is 1. The molecule has 3 N–H and O–H groups in total. The topological polar surface area (TPSA) is 87.2 Å². The van der Waals surface area contributed by atoms with E-state index < -0.39 is 0 Å². The molecule has 0 saturated heterocycles. The molecule has 1 aromatic carbocycles. The Morgan fingerprint density at radius 1 is 1.35 bits per heavy atom. The van der Waals surface area contributed by atoms with Gasteiger partial charge in [0.25, 0.3) is 5.91 Å². The standard InChI is InChI=1S/C16H13N3O3S/c1-22-10-7-8(4-5-9(10)20)13-12-14(11-3-2-6-23-11)18-19-15(12)16(21)17-13/h2-7,13,20H,1H3,(H,17,21)(H,18,19)/t13-/m0/s1. The lowest BCUT2D eigenvalue weighted by atomic mass is 9.99. The molecule has 2 aromatic heterocycles. The van der Waals surface area contributed by atoms with E-state index in [4.69, 9.17) is 4.74 Å². The van der Waals surface area contributed by atoms with Crippen LogP contribution in [0.5, 0.6) is 11.5 Å². The fourth-order valence-corrected chi connectivity index (χ4v) is 3.54. The second-order valence-corrected chi connectivity index (χ2v) is 6.12. The van der Waals surface area contributed by atoms with Crippen molar-refractivity contribution < 1.29 is 14.6 Å². The number of aromatic hydroxyl groups is 1. The molecule has 3 aromatic rings. The lowest BCUT2D eigenvalue weighted by Gasteiger charge is -2.14. The largest absolute Gasteiger partial charge is 0.504 e. The Morgan fingerprint density at radius 2 is 2.22 bits per heavy atom. The van der Waals surface area contributed by atoms with E-state index in [0.717, 1.165) is 21.7 Å². The molecular weight excluding hydrogens is 314 g/mol. The van der Waals surface area contributed by atoms with Gasteiger partial charge in [0.15, 0.2) is 17.2 Å². The molecule has 7 heteroatoms. The zero-order valence-electron chi connectivity index (χ0n) is 12.2. The Balaban J connectivity index is 1.85. The number of amides is 1. The summed E-state index contributed by atoms with van der Waals surface area (Å²) in [6, 6.07) is 8.65. The minimum Gasteiger partial charge on any atom is -0.504 e. The normalized spacial score (nSPS) is 16.2. The number of aromatic nitrogens is 2. The zero-order chi connectivity index (χ0) is 16.0. The first-order valence-electron chi connectivity index (χ1n) is 6.99. The molecule has 0 aliphatic carbocycles. The van der Waals surface area contributed by atoms with Gasteiger partial charge in [0.2, 0.25) is 0 Å². The highest BCUT2D eigenvalue weighted by Gasteiger charge is 2.36. The summed E-state index contributed by atoms with van der Waals surface area (Å²) >= 11 is 1.58. The highest BCUT2D eigenvalue weighted by Crippen LogP contribution is 2.40. The molecule has 1 aliphatic heterocycles. The summed E-state index contributed by atoms with van der Waals surface area (Å²) in [5, 5.41) is 21.8. The van der Waals surface area contributed by atoms with Crippen LogP contribution in [-0.4, -0.2) is 28.3 Å². The van der Waals surface area contributed by atoms with E-state index in [1.807, 2.05) is 17.5 Å². The highest BCUT2D eigenvalue weighted by atomic mass is 32.1. The van der Waals surface area contributed by atoms with Gasteiger partial charge in [-0.05, 0) is 29.1 Å². The van der Waals surface area contributed by atoms with Crippen LogP contribution in [0.3, 0.4) is 0 Å². The van der Waals surface area contributed by atoms with Crippen molar-refractivity contribution in [3.63, 3.8) is 0 Å². The van der Waals surface area contributed by atoms with Gasteiger partial charge in [-0.3, -0.25) is 9.89 Å². The first-order chi connectivity index (χ1) is 11.2. The van der Waals surface area contributed by atoms with Crippen LogP contribution in [0, 0.1) is 0 Å². The SMILES string of the molecule is COc1cc([C@@H]2NC(=O)c3n[nH]c(-c4cccs4)c32)ccc1O. The number of hydrogen-bond acceptors (Lipinski definition) is 5. The average Bonchev–Trinajstić information content (AvgIpc) is 3.26. The van der Waals surface area contributed by atoms with Gasteiger partial charge in [-0.1, -0.05) is 12.1 Å². The zero-order valence-corrected chi connectivity index (χ0v) is 13.0. The third-order valence-corrected chi connectivity index (χ3v) is 4.78. The number of fused-ring (bicyclic) bond motifs is 1. The maximum atomic E-state index is 12.2. The lowest BCUT2D eigenvalue weighted by Crippen LogP contribution is -2.21. The average molecular weight is 327 g/mol. The van der Waals surface area contributed by atoms with Crippen LogP contribution in [0.15, 0.2) is 35.7 Å². The number of hydrogen-bond donors (Lipinski definition) is 3. The number of ether oxygens (including phenoxy) is 1. The van der Waals surface area contributed by atoms with Crippen molar-refractivity contribution in [2.24, 2.45) is 0 Å². The molecule has 0 spiro atoms. The van der Waals surface area contributed by atoms with Crippen LogP contribution < -0.4 is 10.1 Å². The Kier molecular flexibility index (Phi) is 3.09. The van der Waals surface area contributed by atoms with E-state index in [9.17, 15) is 9.90 Å². The fourth-order valence-electron chi connectivity index (χ4n) is 2.81. The number of H-pyrrole nitrogens is 1. The highest BCUT2D eigenvalue weighted by molar-refractivity contribution is 7.13. The molecule has 0 radical (unpaired) electrons. The van der Waals surface area contributed by atoms with Gasteiger partial charge in [-0.15, -0.1) is 11.3 Å². The predicted molar refractivity (Wildman–Crippen MR) is 85.9 cm³/mol. The van der Waals surface area contributed by atoms with Crippen molar-refractivity contribution in [3.8, 4) is 22.1 Å². The molecule has 1 amide bonds. The van der Waals surface area contributed by atoms with Crippen molar-refractivity contribution in [1.29, 1.82) is 0 Å². The Labute approximate surface area is 135 Å². The number of phenolic OH excluding ortho intramolecular Hbond substituents is 1. The van der Waals surface area contributed by atoms with Crippen molar-refractivity contribution in [1.82, 2.24) is 15.5 Å². The predicted octanol–water partition coefficient (Wildman–Crippen LogP) is 2.69. The van der Waals surface area contributed by atoms with Crippen molar-refractivity contribution in [3.05, 3.63) is 52.5 Å². The van der Waals surface area contributed by atoms with Gasteiger partial charge >= 0.3 is 0 Å². The van der Waals surface area contributed by atoms with Crippen molar-refractivity contribution >= 4 is 17.2 Å². The van der Waals surface area contributed by atoms with Gasteiger partial charge in [-0.2, -0.15) is 5.10 Å². The number of methoxy groups -OCH3 is 1.